The first-order chi connectivity index (χ1) is 13.6. The lowest BCUT2D eigenvalue weighted by Crippen LogP contribution is -2.49. The van der Waals surface area contributed by atoms with Crippen LogP contribution in [0, 0.1) is 12.7 Å². The van der Waals surface area contributed by atoms with Crippen molar-refractivity contribution in [3.05, 3.63) is 53.8 Å². The minimum atomic E-state index is -3.77. The van der Waals surface area contributed by atoms with Crippen molar-refractivity contribution in [2.24, 2.45) is 0 Å². The van der Waals surface area contributed by atoms with Crippen LogP contribution in [-0.2, 0) is 20.2 Å². The molecule has 2 aromatic carbocycles. The van der Waals surface area contributed by atoms with Gasteiger partial charge in [0.1, 0.15) is 5.82 Å². The molecule has 0 aliphatic carbocycles. The Balaban J connectivity index is 1.57. The fraction of sp³-hybridized carbons (Fsp3) is 0.368. The Morgan fingerprint density at radius 2 is 1.66 bits per heavy atom. The fourth-order valence-corrected chi connectivity index (χ4v) is 7.37. The molecule has 7 nitrogen and oxygen atoms in total. The molecule has 2 aliphatic heterocycles. The lowest BCUT2D eigenvalue weighted by atomic mass is 10.1. The van der Waals surface area contributed by atoms with Crippen LogP contribution in [0.4, 0.5) is 15.8 Å². The Morgan fingerprint density at radius 3 is 2.28 bits per heavy atom. The summed E-state index contributed by atoms with van der Waals surface area (Å²) in [6.07, 6.45) is 0.752. The molecule has 4 rings (SSSR count). The Kier molecular flexibility index (Phi) is 4.83. The van der Waals surface area contributed by atoms with Crippen molar-refractivity contribution < 1.29 is 21.2 Å². The summed E-state index contributed by atoms with van der Waals surface area (Å²) >= 11 is 0. The maximum atomic E-state index is 13.4. The number of rotatable bonds is 3. The summed E-state index contributed by atoms with van der Waals surface area (Å²) in [6.45, 7) is 1.95. The van der Waals surface area contributed by atoms with Crippen molar-refractivity contribution in [1.82, 2.24) is 4.31 Å². The molecule has 1 fully saturated rings. The van der Waals surface area contributed by atoms with Crippen LogP contribution >= 0.6 is 0 Å². The van der Waals surface area contributed by atoms with Gasteiger partial charge in [0.05, 0.1) is 16.3 Å². The zero-order valence-electron chi connectivity index (χ0n) is 16.1. The van der Waals surface area contributed by atoms with Gasteiger partial charge in [-0.25, -0.2) is 17.1 Å². The Hall–Kier alpha value is -2.17. The Morgan fingerprint density at radius 1 is 1.03 bits per heavy atom. The first-order valence-corrected chi connectivity index (χ1v) is 12.1. The van der Waals surface area contributed by atoms with Gasteiger partial charge in [-0.1, -0.05) is 12.1 Å². The minimum Gasteiger partial charge on any atom is -0.254 e. The van der Waals surface area contributed by atoms with E-state index >= 15 is 0 Å². The van der Waals surface area contributed by atoms with E-state index in [1.165, 1.54) is 32.1 Å². The van der Waals surface area contributed by atoms with Crippen molar-refractivity contribution in [3.63, 3.8) is 0 Å². The van der Waals surface area contributed by atoms with Gasteiger partial charge in [0.15, 0.2) is 0 Å². The third kappa shape index (κ3) is 3.19. The number of nitrogens with zero attached hydrogens (tertiary/aromatic N) is 3. The number of aryl methyl sites for hydroxylation is 1. The van der Waals surface area contributed by atoms with Crippen LogP contribution in [-0.4, -0.2) is 47.3 Å². The van der Waals surface area contributed by atoms with Crippen LogP contribution in [0.15, 0.2) is 47.4 Å². The maximum absolute atomic E-state index is 13.4. The van der Waals surface area contributed by atoms with E-state index in [1.807, 2.05) is 0 Å². The number of sulfonamides is 1. The van der Waals surface area contributed by atoms with E-state index in [0.717, 1.165) is 6.07 Å². The molecule has 29 heavy (non-hydrogen) atoms. The van der Waals surface area contributed by atoms with Gasteiger partial charge in [-0.2, -0.15) is 12.7 Å². The molecule has 0 bridgehead atoms. The predicted molar refractivity (Wildman–Crippen MR) is 109 cm³/mol. The van der Waals surface area contributed by atoms with Crippen LogP contribution in [0.3, 0.4) is 0 Å². The summed E-state index contributed by atoms with van der Waals surface area (Å²) in [7, 11) is -5.93. The second kappa shape index (κ2) is 6.96. The molecule has 0 amide bonds. The SMILES string of the molecule is Cc1cc(F)ccc1S(=O)(=O)N1CCC(N2c3ccccc3N(C)S2(=O)=O)CC1. The third-order valence-electron chi connectivity index (χ3n) is 5.56. The molecule has 2 aliphatic rings. The van der Waals surface area contributed by atoms with E-state index in [2.05, 4.69) is 0 Å². The van der Waals surface area contributed by atoms with Crippen molar-refractivity contribution in [2.75, 3.05) is 28.7 Å². The number of hydrogen-bond acceptors (Lipinski definition) is 4. The van der Waals surface area contributed by atoms with Crippen molar-refractivity contribution >= 4 is 31.6 Å². The molecule has 0 aromatic heterocycles. The van der Waals surface area contributed by atoms with Gasteiger partial charge in [-0.05, 0) is 55.7 Å². The molecule has 1 saturated heterocycles. The average Bonchev–Trinajstić information content (AvgIpc) is 2.88. The quantitative estimate of drug-likeness (QED) is 0.736. The summed E-state index contributed by atoms with van der Waals surface area (Å²) in [5, 5.41) is 0. The molecule has 2 aromatic rings. The molecular weight excluding hydrogens is 417 g/mol. The van der Waals surface area contributed by atoms with Crippen LogP contribution < -0.4 is 8.61 Å². The molecule has 10 heteroatoms. The molecular formula is C19H22FN3O4S2. The lowest BCUT2D eigenvalue weighted by molar-refractivity contribution is 0.321. The highest BCUT2D eigenvalue weighted by molar-refractivity contribution is 7.94. The van der Waals surface area contributed by atoms with Crippen molar-refractivity contribution in [3.8, 4) is 0 Å². The second-order valence-electron chi connectivity index (χ2n) is 7.30. The van der Waals surface area contributed by atoms with Crippen LogP contribution in [0.1, 0.15) is 18.4 Å². The monoisotopic (exact) mass is 439 g/mol. The van der Waals surface area contributed by atoms with Crippen LogP contribution in [0.2, 0.25) is 0 Å². The molecule has 0 unspecified atom stereocenters. The van der Waals surface area contributed by atoms with E-state index in [-0.39, 0.29) is 24.0 Å². The lowest BCUT2D eigenvalue weighted by Gasteiger charge is -2.36. The Labute approximate surface area is 170 Å². The second-order valence-corrected chi connectivity index (χ2v) is 11.0. The van der Waals surface area contributed by atoms with Crippen molar-refractivity contribution in [2.45, 2.75) is 30.7 Å². The number of benzene rings is 2. The molecule has 0 radical (unpaired) electrons. The van der Waals surface area contributed by atoms with Gasteiger partial charge in [0, 0.05) is 26.2 Å². The summed E-state index contributed by atoms with van der Waals surface area (Å²) in [5.74, 6) is -0.484. The topological polar surface area (TPSA) is 78.0 Å². The van der Waals surface area contributed by atoms with E-state index in [0.29, 0.717) is 29.8 Å². The van der Waals surface area contributed by atoms with E-state index in [1.54, 1.807) is 31.2 Å². The standard InChI is InChI=1S/C19H22FN3O4S2/c1-14-13-15(20)7-8-19(14)28(24,25)22-11-9-16(10-12-22)23-18-6-4-3-5-17(18)21(2)29(23,26)27/h3-8,13,16H,9-12H2,1-2H3. The van der Waals surface area contributed by atoms with E-state index < -0.39 is 26.0 Å². The summed E-state index contributed by atoms with van der Waals surface area (Å²) in [4.78, 5) is 0.0798. The summed E-state index contributed by atoms with van der Waals surface area (Å²) in [6, 6.07) is 10.4. The van der Waals surface area contributed by atoms with Gasteiger partial charge in [0.25, 0.3) is 0 Å². The van der Waals surface area contributed by atoms with Crippen molar-refractivity contribution in [1.29, 1.82) is 0 Å². The predicted octanol–water partition coefficient (Wildman–Crippen LogP) is 2.49. The molecule has 0 N–H and O–H groups in total. The summed E-state index contributed by atoms with van der Waals surface area (Å²) in [5.41, 5.74) is 1.58. The minimum absolute atomic E-state index is 0.0798. The average molecular weight is 440 g/mol. The molecule has 2 heterocycles. The van der Waals surface area contributed by atoms with E-state index in [9.17, 15) is 21.2 Å². The molecule has 0 atom stereocenters. The zero-order valence-corrected chi connectivity index (χ0v) is 17.7. The molecule has 156 valence electrons. The zero-order chi connectivity index (χ0) is 21.0. The number of fused-ring (bicyclic) bond motifs is 1. The highest BCUT2D eigenvalue weighted by atomic mass is 32.2. The number of piperidine rings is 1. The number of anilines is 2. The largest absolute Gasteiger partial charge is 0.326 e. The molecule has 0 saturated carbocycles. The smallest absolute Gasteiger partial charge is 0.254 e. The third-order valence-corrected chi connectivity index (χ3v) is 9.50. The van der Waals surface area contributed by atoms with Gasteiger partial charge in [0.2, 0.25) is 10.0 Å². The van der Waals surface area contributed by atoms with Gasteiger partial charge in [-0.15, -0.1) is 0 Å². The maximum Gasteiger partial charge on any atom is 0.326 e. The highest BCUT2D eigenvalue weighted by Crippen LogP contribution is 2.42. The first-order valence-electron chi connectivity index (χ1n) is 9.27. The fourth-order valence-electron chi connectivity index (χ4n) is 4.04. The normalized spacial score (nSPS) is 20.1. The number of para-hydroxylation sites is 2. The van der Waals surface area contributed by atoms with Crippen LogP contribution in [0.5, 0.6) is 0 Å². The first kappa shape index (κ1) is 20.1. The highest BCUT2D eigenvalue weighted by Gasteiger charge is 2.43. The number of hydrogen-bond donors (Lipinski definition) is 0. The Bertz CT molecular complexity index is 1160. The summed E-state index contributed by atoms with van der Waals surface area (Å²) < 4.78 is 69.2. The number of halogens is 1. The van der Waals surface area contributed by atoms with Gasteiger partial charge in [-0.3, -0.25) is 4.31 Å². The molecule has 0 spiro atoms. The van der Waals surface area contributed by atoms with E-state index in [4.69, 9.17) is 0 Å². The van der Waals surface area contributed by atoms with Gasteiger partial charge >= 0.3 is 10.2 Å². The van der Waals surface area contributed by atoms with Gasteiger partial charge < -0.3 is 0 Å². The van der Waals surface area contributed by atoms with Crippen LogP contribution in [0.25, 0.3) is 0 Å².